The van der Waals surface area contributed by atoms with Gasteiger partial charge in [-0.15, -0.1) is 6.42 Å². The number of hydrogen-bond acceptors (Lipinski definition) is 3. The van der Waals surface area contributed by atoms with Gasteiger partial charge in [-0.05, 0) is 18.6 Å². The van der Waals surface area contributed by atoms with Gasteiger partial charge in [0.05, 0.1) is 6.21 Å². The maximum Gasteiger partial charge on any atom is 0.240 e. The van der Waals surface area contributed by atoms with Crippen LogP contribution in [-0.4, -0.2) is 18.7 Å². The Kier molecular flexibility index (Phi) is 13.4. The van der Waals surface area contributed by atoms with Gasteiger partial charge < -0.3 is 4.74 Å². The summed E-state index contributed by atoms with van der Waals surface area (Å²) < 4.78 is 5.44. The largest absolute Gasteiger partial charge is 0.480 e. The average Bonchev–Trinajstić information content (AvgIpc) is 2.68. The van der Waals surface area contributed by atoms with Gasteiger partial charge in [0, 0.05) is 12.0 Å². The second-order valence-electron chi connectivity index (χ2n) is 6.76. The van der Waals surface area contributed by atoms with Crippen molar-refractivity contribution in [2.24, 2.45) is 5.10 Å². The lowest BCUT2D eigenvalue weighted by atomic mass is 10.1. The zero-order chi connectivity index (χ0) is 19.6. The number of unbranched alkanes of at least 4 members (excludes halogenated alkanes) is 9. The number of carbonyl (C=O) groups is 1. The van der Waals surface area contributed by atoms with Crippen LogP contribution < -0.4 is 10.2 Å². The van der Waals surface area contributed by atoms with E-state index in [1.54, 1.807) is 6.21 Å². The summed E-state index contributed by atoms with van der Waals surface area (Å²) in [6, 6.07) is 7.44. The summed E-state index contributed by atoms with van der Waals surface area (Å²) in [5.41, 5.74) is 3.36. The summed E-state index contributed by atoms with van der Waals surface area (Å²) in [5, 5.41) is 4.02. The van der Waals surface area contributed by atoms with E-state index < -0.39 is 0 Å². The van der Waals surface area contributed by atoms with Crippen LogP contribution in [0.25, 0.3) is 0 Å². The molecule has 0 heterocycles. The molecule has 0 unspecified atom stereocenters. The van der Waals surface area contributed by atoms with Crippen molar-refractivity contribution in [1.29, 1.82) is 0 Å². The standard InChI is InChI=1S/C23H34N2O2/c1-3-5-6-7-8-9-10-11-12-13-18-23(26)25-24-20-21-16-14-15-17-22(21)27-19-4-2/h2,14-17,20H,3,5-13,18-19H2,1H3,(H,25,26)/b24-20-. The zero-order valence-corrected chi connectivity index (χ0v) is 16.7. The lowest BCUT2D eigenvalue weighted by molar-refractivity contribution is -0.121. The van der Waals surface area contributed by atoms with E-state index in [0.29, 0.717) is 12.2 Å². The van der Waals surface area contributed by atoms with Gasteiger partial charge in [-0.2, -0.15) is 5.10 Å². The Morgan fingerprint density at radius 2 is 1.70 bits per heavy atom. The highest BCUT2D eigenvalue weighted by molar-refractivity contribution is 5.85. The summed E-state index contributed by atoms with van der Waals surface area (Å²) in [5.74, 6) is 3.04. The van der Waals surface area contributed by atoms with Crippen molar-refractivity contribution in [2.75, 3.05) is 6.61 Å². The number of amides is 1. The summed E-state index contributed by atoms with van der Waals surface area (Å²) >= 11 is 0. The molecule has 1 aromatic carbocycles. The Balaban J connectivity index is 2.11. The highest BCUT2D eigenvalue weighted by Gasteiger charge is 2.01. The average molecular weight is 371 g/mol. The fourth-order valence-corrected chi connectivity index (χ4v) is 2.84. The van der Waals surface area contributed by atoms with Crippen molar-refractivity contribution in [3.05, 3.63) is 29.8 Å². The summed E-state index contributed by atoms with van der Waals surface area (Å²) in [7, 11) is 0. The number of carbonyl (C=O) groups excluding carboxylic acids is 1. The molecule has 148 valence electrons. The third kappa shape index (κ3) is 11.9. The highest BCUT2D eigenvalue weighted by atomic mass is 16.5. The van der Waals surface area contributed by atoms with E-state index >= 15 is 0 Å². The first-order valence-electron chi connectivity index (χ1n) is 10.2. The topological polar surface area (TPSA) is 50.7 Å². The van der Waals surface area contributed by atoms with Crippen LogP contribution in [0.1, 0.15) is 83.1 Å². The van der Waals surface area contributed by atoms with Gasteiger partial charge in [0.2, 0.25) is 5.91 Å². The number of para-hydroxylation sites is 1. The molecular formula is C23H34N2O2. The third-order valence-electron chi connectivity index (χ3n) is 4.38. The molecule has 4 heteroatoms. The van der Waals surface area contributed by atoms with Crippen LogP contribution in [0.2, 0.25) is 0 Å². The minimum atomic E-state index is -0.0483. The number of nitrogens with one attached hydrogen (secondary N) is 1. The Morgan fingerprint density at radius 1 is 1.07 bits per heavy atom. The fourth-order valence-electron chi connectivity index (χ4n) is 2.84. The van der Waals surface area contributed by atoms with E-state index in [2.05, 4.69) is 23.4 Å². The van der Waals surface area contributed by atoms with Gasteiger partial charge in [0.1, 0.15) is 12.4 Å². The lowest BCUT2D eigenvalue weighted by Gasteiger charge is -2.05. The Labute approximate surface area is 164 Å². The number of nitrogens with zero attached hydrogens (tertiary/aromatic N) is 1. The van der Waals surface area contributed by atoms with E-state index in [1.807, 2.05) is 24.3 Å². The molecule has 0 saturated heterocycles. The van der Waals surface area contributed by atoms with Crippen molar-refractivity contribution in [3.63, 3.8) is 0 Å². The van der Waals surface area contributed by atoms with E-state index in [9.17, 15) is 4.79 Å². The van der Waals surface area contributed by atoms with Crippen LogP contribution in [0, 0.1) is 12.3 Å². The summed E-state index contributed by atoms with van der Waals surface area (Å²) in [4.78, 5) is 11.8. The molecule has 4 nitrogen and oxygen atoms in total. The van der Waals surface area contributed by atoms with E-state index in [-0.39, 0.29) is 12.5 Å². The summed E-state index contributed by atoms with van der Waals surface area (Å²) in [6.45, 7) is 2.45. The molecule has 0 aliphatic rings. The van der Waals surface area contributed by atoms with Crippen molar-refractivity contribution in [1.82, 2.24) is 5.43 Å². The normalized spacial score (nSPS) is 10.7. The number of rotatable bonds is 15. The molecule has 0 atom stereocenters. The molecule has 1 amide bonds. The van der Waals surface area contributed by atoms with Crippen molar-refractivity contribution >= 4 is 12.1 Å². The van der Waals surface area contributed by atoms with Crippen molar-refractivity contribution in [3.8, 4) is 18.1 Å². The maximum absolute atomic E-state index is 11.8. The fraction of sp³-hybridized carbons (Fsp3) is 0.565. The van der Waals surface area contributed by atoms with Gasteiger partial charge in [-0.25, -0.2) is 5.43 Å². The predicted octanol–water partition coefficient (Wildman–Crippen LogP) is 5.46. The Morgan fingerprint density at radius 3 is 2.37 bits per heavy atom. The number of hydrazone groups is 1. The van der Waals surface area contributed by atoms with Crippen LogP contribution in [0.4, 0.5) is 0 Å². The molecule has 0 aliphatic heterocycles. The minimum absolute atomic E-state index is 0.0483. The number of benzene rings is 1. The second-order valence-corrected chi connectivity index (χ2v) is 6.76. The van der Waals surface area contributed by atoms with Crippen molar-refractivity contribution < 1.29 is 9.53 Å². The van der Waals surface area contributed by atoms with Gasteiger partial charge >= 0.3 is 0 Å². The molecule has 0 saturated carbocycles. The van der Waals surface area contributed by atoms with Crippen LogP contribution in [-0.2, 0) is 4.79 Å². The van der Waals surface area contributed by atoms with Crippen LogP contribution >= 0.6 is 0 Å². The van der Waals surface area contributed by atoms with Crippen LogP contribution in [0.5, 0.6) is 5.75 Å². The van der Waals surface area contributed by atoms with Crippen molar-refractivity contribution in [2.45, 2.75) is 77.6 Å². The first-order chi connectivity index (χ1) is 13.3. The van der Waals surface area contributed by atoms with Crippen LogP contribution in [0.15, 0.2) is 29.4 Å². The molecule has 0 spiro atoms. The molecule has 1 N–H and O–H groups in total. The zero-order valence-electron chi connectivity index (χ0n) is 16.7. The first-order valence-corrected chi connectivity index (χ1v) is 10.2. The maximum atomic E-state index is 11.8. The molecule has 0 radical (unpaired) electrons. The summed E-state index contributed by atoms with van der Waals surface area (Å²) in [6.07, 6.45) is 19.9. The highest BCUT2D eigenvalue weighted by Crippen LogP contribution is 2.15. The molecule has 27 heavy (non-hydrogen) atoms. The SMILES string of the molecule is C#CCOc1ccccc1/C=N\NC(=O)CCCCCCCCCCCC. The van der Waals surface area contributed by atoms with E-state index in [1.165, 1.54) is 51.4 Å². The smallest absolute Gasteiger partial charge is 0.240 e. The Hall–Kier alpha value is -2.28. The minimum Gasteiger partial charge on any atom is -0.480 e. The first kappa shape index (κ1) is 22.8. The number of hydrogen-bond donors (Lipinski definition) is 1. The second kappa shape index (κ2) is 15.9. The third-order valence-corrected chi connectivity index (χ3v) is 4.38. The molecule has 0 aromatic heterocycles. The van der Waals surface area contributed by atoms with Crippen LogP contribution in [0.3, 0.4) is 0 Å². The quantitative estimate of drug-likeness (QED) is 0.193. The lowest BCUT2D eigenvalue weighted by Crippen LogP contribution is -2.17. The molecule has 0 aliphatic carbocycles. The molecule has 0 fully saturated rings. The molecule has 1 rings (SSSR count). The molecule has 0 bridgehead atoms. The van der Waals surface area contributed by atoms with E-state index in [0.717, 1.165) is 18.4 Å². The van der Waals surface area contributed by atoms with E-state index in [4.69, 9.17) is 11.2 Å². The number of ether oxygens (including phenoxy) is 1. The Bertz CT molecular complexity index is 590. The molecule has 1 aromatic rings. The van der Waals surface area contributed by atoms with Gasteiger partial charge in [0.15, 0.2) is 0 Å². The molecular weight excluding hydrogens is 336 g/mol. The predicted molar refractivity (Wildman–Crippen MR) is 113 cm³/mol. The number of terminal acetylenes is 1. The monoisotopic (exact) mass is 370 g/mol. The van der Waals surface area contributed by atoms with Gasteiger partial charge in [-0.1, -0.05) is 82.8 Å². The van der Waals surface area contributed by atoms with Gasteiger partial charge in [0.25, 0.3) is 0 Å². The van der Waals surface area contributed by atoms with Gasteiger partial charge in [-0.3, -0.25) is 4.79 Å².